The Morgan fingerprint density at radius 2 is 2.14 bits per heavy atom. The third kappa shape index (κ3) is 2.53. The predicted octanol–water partition coefficient (Wildman–Crippen LogP) is 2.18. The van der Waals surface area contributed by atoms with Gasteiger partial charge in [-0.05, 0) is 31.4 Å². The molecule has 4 rings (SSSR count). The van der Waals surface area contributed by atoms with Crippen LogP contribution in [0.4, 0.5) is 0 Å². The van der Waals surface area contributed by atoms with Crippen molar-refractivity contribution < 1.29 is 9.47 Å². The fourth-order valence-electron chi connectivity index (χ4n) is 3.53. The lowest BCUT2D eigenvalue weighted by molar-refractivity contribution is 0.0491. The van der Waals surface area contributed by atoms with E-state index in [2.05, 4.69) is 35.0 Å². The molecule has 1 aromatic heterocycles. The van der Waals surface area contributed by atoms with Crippen LogP contribution >= 0.6 is 0 Å². The number of ether oxygens (including phenoxy) is 2. The highest BCUT2D eigenvalue weighted by molar-refractivity contribution is 5.79. The van der Waals surface area contributed by atoms with Crippen molar-refractivity contribution in [3.8, 4) is 0 Å². The monoisotopic (exact) mass is 301 g/mol. The maximum absolute atomic E-state index is 5.77. The van der Waals surface area contributed by atoms with E-state index in [0.717, 1.165) is 50.5 Å². The molecular weight excluding hydrogens is 278 g/mol. The quantitative estimate of drug-likeness (QED) is 0.944. The van der Waals surface area contributed by atoms with Crippen molar-refractivity contribution >= 4 is 11.0 Å². The van der Waals surface area contributed by atoms with Crippen LogP contribution < -0.4 is 5.32 Å². The average Bonchev–Trinajstić information content (AvgIpc) is 2.95. The highest BCUT2D eigenvalue weighted by atomic mass is 16.5. The third-order valence-electron chi connectivity index (χ3n) is 4.76. The molecule has 1 unspecified atom stereocenters. The number of nitrogens with one attached hydrogen (secondary N) is 1. The van der Waals surface area contributed by atoms with Crippen molar-refractivity contribution in [1.82, 2.24) is 14.9 Å². The third-order valence-corrected chi connectivity index (χ3v) is 4.76. The zero-order chi connectivity index (χ0) is 14.9. The van der Waals surface area contributed by atoms with Crippen molar-refractivity contribution in [3.63, 3.8) is 0 Å². The summed E-state index contributed by atoms with van der Waals surface area (Å²) in [7, 11) is 0. The van der Waals surface area contributed by atoms with Gasteiger partial charge < -0.3 is 19.4 Å². The van der Waals surface area contributed by atoms with Gasteiger partial charge in [-0.2, -0.15) is 0 Å². The fraction of sp³-hybridized carbons (Fsp3) is 0.588. The van der Waals surface area contributed by atoms with E-state index < -0.39 is 0 Å². The molecule has 2 aliphatic heterocycles. The number of fused-ring (bicyclic) bond motifs is 3. The first-order valence-corrected chi connectivity index (χ1v) is 8.18. The van der Waals surface area contributed by atoms with Crippen LogP contribution in [0.25, 0.3) is 11.0 Å². The lowest BCUT2D eigenvalue weighted by atomic mass is 10.1. The van der Waals surface area contributed by atoms with E-state index in [9.17, 15) is 0 Å². The van der Waals surface area contributed by atoms with Crippen LogP contribution in [0.3, 0.4) is 0 Å². The number of aromatic nitrogens is 2. The van der Waals surface area contributed by atoms with Crippen molar-refractivity contribution in [3.05, 3.63) is 29.6 Å². The summed E-state index contributed by atoms with van der Waals surface area (Å²) in [6.45, 7) is 6.16. The molecule has 1 aromatic carbocycles. The summed E-state index contributed by atoms with van der Waals surface area (Å²) >= 11 is 0. The second kappa shape index (κ2) is 5.99. The number of benzene rings is 1. The molecule has 0 saturated carbocycles. The molecule has 0 bridgehead atoms. The van der Waals surface area contributed by atoms with Gasteiger partial charge in [-0.3, -0.25) is 0 Å². The van der Waals surface area contributed by atoms with E-state index in [4.69, 9.17) is 14.5 Å². The lowest BCUT2D eigenvalue weighted by Crippen LogP contribution is -2.40. The van der Waals surface area contributed by atoms with Gasteiger partial charge in [-0.25, -0.2) is 4.98 Å². The van der Waals surface area contributed by atoms with E-state index in [0.29, 0.717) is 18.7 Å². The normalized spacial score (nSPS) is 22.9. The molecule has 2 aromatic rings. The second-order valence-corrected chi connectivity index (χ2v) is 6.30. The van der Waals surface area contributed by atoms with Crippen LogP contribution in [0.2, 0.25) is 0 Å². The molecule has 1 N–H and O–H groups in total. The fourth-order valence-corrected chi connectivity index (χ4v) is 3.53. The molecule has 3 heterocycles. The van der Waals surface area contributed by atoms with Crippen LogP contribution in [-0.4, -0.2) is 42.0 Å². The van der Waals surface area contributed by atoms with Gasteiger partial charge in [0.25, 0.3) is 0 Å². The Balaban J connectivity index is 1.58. The smallest absolute Gasteiger partial charge is 0.136 e. The molecule has 22 heavy (non-hydrogen) atoms. The second-order valence-electron chi connectivity index (χ2n) is 6.30. The van der Waals surface area contributed by atoms with Gasteiger partial charge in [0, 0.05) is 25.8 Å². The highest BCUT2D eigenvalue weighted by Gasteiger charge is 2.25. The first kappa shape index (κ1) is 14.2. The molecule has 0 radical (unpaired) electrons. The summed E-state index contributed by atoms with van der Waals surface area (Å²) in [4.78, 5) is 4.79. The Kier molecular flexibility index (Phi) is 3.86. The lowest BCUT2D eigenvalue weighted by Gasteiger charge is -2.30. The Labute approximate surface area is 130 Å². The summed E-state index contributed by atoms with van der Waals surface area (Å²) < 4.78 is 13.6. The summed E-state index contributed by atoms with van der Waals surface area (Å²) in [6, 6.07) is 7.29. The largest absolute Gasteiger partial charge is 0.381 e. The molecule has 1 atom stereocenters. The molecule has 0 spiro atoms. The van der Waals surface area contributed by atoms with E-state index in [1.54, 1.807) is 0 Å². The van der Waals surface area contributed by atoms with Gasteiger partial charge in [0.1, 0.15) is 12.4 Å². The minimum Gasteiger partial charge on any atom is -0.381 e. The minimum atomic E-state index is 0.318. The predicted molar refractivity (Wildman–Crippen MR) is 85.0 cm³/mol. The van der Waals surface area contributed by atoms with Crippen LogP contribution in [-0.2, 0) is 16.1 Å². The maximum atomic E-state index is 5.77. The molecule has 1 saturated heterocycles. The number of rotatable bonds is 3. The van der Waals surface area contributed by atoms with Crippen molar-refractivity contribution in [2.45, 2.75) is 38.5 Å². The number of imidazole rings is 1. The average molecular weight is 301 g/mol. The van der Waals surface area contributed by atoms with Gasteiger partial charge in [0.05, 0.1) is 23.7 Å². The molecule has 0 amide bonds. The summed E-state index contributed by atoms with van der Waals surface area (Å²) in [5, 5.41) is 3.69. The van der Waals surface area contributed by atoms with Gasteiger partial charge in [0.15, 0.2) is 0 Å². The Morgan fingerprint density at radius 3 is 3.00 bits per heavy atom. The Hall–Kier alpha value is -1.43. The van der Waals surface area contributed by atoms with Crippen LogP contribution in [0, 0.1) is 6.92 Å². The molecule has 0 aliphatic carbocycles. The van der Waals surface area contributed by atoms with E-state index in [1.807, 2.05) is 0 Å². The van der Waals surface area contributed by atoms with E-state index >= 15 is 0 Å². The van der Waals surface area contributed by atoms with Crippen molar-refractivity contribution in [2.24, 2.45) is 0 Å². The van der Waals surface area contributed by atoms with Gasteiger partial charge >= 0.3 is 0 Å². The van der Waals surface area contributed by atoms with Crippen LogP contribution in [0.5, 0.6) is 0 Å². The molecular formula is C17H23N3O2. The first-order valence-electron chi connectivity index (χ1n) is 8.18. The number of hydrogen-bond donors (Lipinski definition) is 1. The SMILES string of the molecule is Cc1cccc2c1nc1n2C(CNC2CCOCC2)COC1. The van der Waals surface area contributed by atoms with Gasteiger partial charge in [-0.15, -0.1) is 0 Å². The van der Waals surface area contributed by atoms with Crippen molar-refractivity contribution in [1.29, 1.82) is 0 Å². The van der Waals surface area contributed by atoms with Crippen LogP contribution in [0.1, 0.15) is 30.3 Å². The number of aryl methyl sites for hydroxylation is 1. The standard InChI is InChI=1S/C17H23N3O2/c1-12-3-2-4-15-17(12)19-16-11-22-10-14(20(15)16)9-18-13-5-7-21-8-6-13/h2-4,13-14,18H,5-11H2,1H3. The Morgan fingerprint density at radius 1 is 1.27 bits per heavy atom. The first-order chi connectivity index (χ1) is 10.8. The summed E-state index contributed by atoms with van der Waals surface area (Å²) in [5.74, 6) is 1.05. The van der Waals surface area contributed by atoms with E-state index in [-0.39, 0.29) is 0 Å². The maximum Gasteiger partial charge on any atom is 0.136 e. The molecule has 2 aliphatic rings. The molecule has 5 nitrogen and oxygen atoms in total. The zero-order valence-electron chi connectivity index (χ0n) is 13.0. The number of nitrogens with zero attached hydrogens (tertiary/aromatic N) is 2. The van der Waals surface area contributed by atoms with E-state index in [1.165, 1.54) is 11.1 Å². The van der Waals surface area contributed by atoms with Crippen LogP contribution in [0.15, 0.2) is 18.2 Å². The zero-order valence-corrected chi connectivity index (χ0v) is 13.0. The number of hydrogen-bond acceptors (Lipinski definition) is 4. The molecule has 5 heteroatoms. The van der Waals surface area contributed by atoms with Gasteiger partial charge in [-0.1, -0.05) is 12.1 Å². The topological polar surface area (TPSA) is 48.3 Å². The minimum absolute atomic E-state index is 0.318. The molecule has 118 valence electrons. The van der Waals surface area contributed by atoms with Crippen molar-refractivity contribution in [2.75, 3.05) is 26.4 Å². The number of para-hydroxylation sites is 1. The summed E-state index contributed by atoms with van der Waals surface area (Å²) in [6.07, 6.45) is 2.20. The van der Waals surface area contributed by atoms with Gasteiger partial charge in [0.2, 0.25) is 0 Å². The molecule has 1 fully saturated rings. The highest BCUT2D eigenvalue weighted by Crippen LogP contribution is 2.27. The summed E-state index contributed by atoms with van der Waals surface area (Å²) in [5.41, 5.74) is 3.58. The Bertz CT molecular complexity index is 661.